The number of rotatable bonds is 1. The van der Waals surface area contributed by atoms with Crippen LogP contribution in [0.15, 0.2) is 4.99 Å². The summed E-state index contributed by atoms with van der Waals surface area (Å²) in [4.78, 5) is 5.77. The van der Waals surface area contributed by atoms with Gasteiger partial charge in [0.1, 0.15) is 0 Å². The van der Waals surface area contributed by atoms with Gasteiger partial charge in [-0.15, -0.1) is 0 Å². The minimum atomic E-state index is 0.217. The number of likely N-dealkylation sites (tertiary alicyclic amines) is 1. The molecule has 1 aliphatic heterocycles. The molecule has 4 nitrogen and oxygen atoms in total. The fourth-order valence-corrected chi connectivity index (χ4v) is 1.37. The Hall–Kier alpha value is -1.24. The highest BCUT2D eigenvalue weighted by atomic mass is 15.2. The molecule has 2 atom stereocenters. The van der Waals surface area contributed by atoms with Crippen LogP contribution in [0.5, 0.6) is 0 Å². The van der Waals surface area contributed by atoms with Crippen LogP contribution in [0.1, 0.15) is 13.3 Å². The minimum absolute atomic E-state index is 0.217. The molecule has 0 spiro atoms. The van der Waals surface area contributed by atoms with Crippen molar-refractivity contribution in [3.8, 4) is 6.19 Å². The number of nitrogens with two attached hydrogens (primary N) is 1. The lowest BCUT2D eigenvalue weighted by atomic mass is 10.2. The lowest BCUT2D eigenvalue weighted by Gasteiger charge is -2.10. The molecule has 0 radical (unpaired) electrons. The van der Waals surface area contributed by atoms with Crippen LogP contribution in [-0.2, 0) is 0 Å². The van der Waals surface area contributed by atoms with Crippen molar-refractivity contribution in [2.75, 3.05) is 6.54 Å². The molecule has 0 bridgehead atoms. The molecule has 2 unspecified atom stereocenters. The summed E-state index contributed by atoms with van der Waals surface area (Å²) in [6.07, 6.45) is 4.37. The largest absolute Gasteiger partial charge is 0.390 e. The van der Waals surface area contributed by atoms with E-state index in [4.69, 9.17) is 11.0 Å². The van der Waals surface area contributed by atoms with Gasteiger partial charge in [-0.1, -0.05) is 0 Å². The van der Waals surface area contributed by atoms with E-state index in [9.17, 15) is 0 Å². The molecule has 0 aromatic carbocycles. The summed E-state index contributed by atoms with van der Waals surface area (Å²) >= 11 is 0. The average molecular weight is 152 g/mol. The molecule has 0 saturated carbocycles. The Labute approximate surface area is 66.3 Å². The molecule has 60 valence electrons. The van der Waals surface area contributed by atoms with Gasteiger partial charge in [0.25, 0.3) is 0 Å². The van der Waals surface area contributed by atoms with Crippen molar-refractivity contribution in [2.45, 2.75) is 25.4 Å². The van der Waals surface area contributed by atoms with E-state index in [-0.39, 0.29) is 6.04 Å². The summed E-state index contributed by atoms with van der Waals surface area (Å²) in [5, 5.41) is 8.62. The summed E-state index contributed by atoms with van der Waals surface area (Å²) in [5.41, 5.74) is 5.15. The Bertz CT molecular complexity index is 193. The Morgan fingerprint density at radius 3 is 3.00 bits per heavy atom. The number of nitriles is 1. The highest BCUT2D eigenvalue weighted by Crippen LogP contribution is 2.17. The zero-order valence-corrected chi connectivity index (χ0v) is 6.57. The van der Waals surface area contributed by atoms with Gasteiger partial charge in [-0.3, -0.25) is 4.99 Å². The van der Waals surface area contributed by atoms with Crippen LogP contribution in [0, 0.1) is 11.5 Å². The second-order valence-electron chi connectivity index (χ2n) is 2.79. The van der Waals surface area contributed by atoms with E-state index >= 15 is 0 Å². The number of aliphatic imine (C=N–C) groups is 1. The fraction of sp³-hybridized carbons (Fsp3) is 0.714. The van der Waals surface area contributed by atoms with E-state index in [2.05, 4.69) is 11.2 Å². The third-order valence-corrected chi connectivity index (χ3v) is 1.98. The molecule has 0 amide bonds. The molecule has 1 rings (SSSR count). The maximum Gasteiger partial charge on any atom is 0.179 e. The first-order valence-electron chi connectivity index (χ1n) is 3.67. The Morgan fingerprint density at radius 1 is 1.82 bits per heavy atom. The maximum absolute atomic E-state index is 8.62. The lowest BCUT2D eigenvalue weighted by molar-refractivity contribution is 0.387. The molecule has 11 heavy (non-hydrogen) atoms. The van der Waals surface area contributed by atoms with Crippen LogP contribution in [0.25, 0.3) is 0 Å². The maximum atomic E-state index is 8.62. The van der Waals surface area contributed by atoms with Gasteiger partial charge in [-0.05, 0) is 13.3 Å². The van der Waals surface area contributed by atoms with Crippen molar-refractivity contribution in [3.63, 3.8) is 0 Å². The lowest BCUT2D eigenvalue weighted by Crippen LogP contribution is -2.21. The third-order valence-electron chi connectivity index (χ3n) is 1.98. The molecule has 1 aliphatic rings. The quantitative estimate of drug-likeness (QED) is 0.324. The van der Waals surface area contributed by atoms with Gasteiger partial charge in [0.2, 0.25) is 0 Å². The standard InChI is InChI=1S/C7H12N4/c1-6-2-7(10-4-8)3-11(6)5-9/h4,6-7H,2-3H2,1H3,(H2,8,10). The smallest absolute Gasteiger partial charge is 0.179 e. The molecule has 2 N–H and O–H groups in total. The van der Waals surface area contributed by atoms with Crippen molar-refractivity contribution in [2.24, 2.45) is 10.7 Å². The van der Waals surface area contributed by atoms with Gasteiger partial charge >= 0.3 is 0 Å². The SMILES string of the molecule is CC1CC(N=CN)CN1C#N. The predicted molar refractivity (Wildman–Crippen MR) is 42.9 cm³/mol. The fourth-order valence-electron chi connectivity index (χ4n) is 1.37. The number of nitrogens with zero attached hydrogens (tertiary/aromatic N) is 3. The summed E-state index contributed by atoms with van der Waals surface area (Å²) in [6.45, 7) is 2.74. The molecule has 4 heteroatoms. The number of hydrogen-bond donors (Lipinski definition) is 1. The second-order valence-corrected chi connectivity index (χ2v) is 2.79. The summed E-state index contributed by atoms with van der Waals surface area (Å²) in [5.74, 6) is 0. The molecular weight excluding hydrogens is 140 g/mol. The highest BCUT2D eigenvalue weighted by molar-refractivity contribution is 5.51. The van der Waals surface area contributed by atoms with Crippen LogP contribution in [-0.4, -0.2) is 29.9 Å². The minimum Gasteiger partial charge on any atom is -0.390 e. The van der Waals surface area contributed by atoms with Gasteiger partial charge in [0.05, 0.1) is 18.9 Å². The van der Waals surface area contributed by atoms with Gasteiger partial charge in [0.15, 0.2) is 6.19 Å². The first kappa shape index (κ1) is 7.86. The van der Waals surface area contributed by atoms with Crippen LogP contribution in [0.4, 0.5) is 0 Å². The first-order chi connectivity index (χ1) is 5.27. The van der Waals surface area contributed by atoms with E-state index in [0.29, 0.717) is 12.6 Å². The van der Waals surface area contributed by atoms with Crippen molar-refractivity contribution < 1.29 is 0 Å². The van der Waals surface area contributed by atoms with Crippen LogP contribution in [0.2, 0.25) is 0 Å². The molecule has 1 saturated heterocycles. The molecule has 0 aliphatic carbocycles. The van der Waals surface area contributed by atoms with Crippen molar-refractivity contribution >= 4 is 6.34 Å². The van der Waals surface area contributed by atoms with E-state index in [1.807, 2.05) is 6.92 Å². The summed E-state index contributed by atoms with van der Waals surface area (Å²) in [6, 6.07) is 0.531. The first-order valence-corrected chi connectivity index (χ1v) is 3.67. The van der Waals surface area contributed by atoms with Crippen LogP contribution in [0.3, 0.4) is 0 Å². The zero-order valence-electron chi connectivity index (χ0n) is 6.57. The monoisotopic (exact) mass is 152 g/mol. The topological polar surface area (TPSA) is 65.4 Å². The van der Waals surface area contributed by atoms with Gasteiger partial charge in [0, 0.05) is 6.04 Å². The zero-order chi connectivity index (χ0) is 8.27. The number of hydrogen-bond acceptors (Lipinski definition) is 3. The molecule has 1 heterocycles. The Morgan fingerprint density at radius 2 is 2.55 bits per heavy atom. The van der Waals surface area contributed by atoms with E-state index < -0.39 is 0 Å². The summed E-state index contributed by atoms with van der Waals surface area (Å²) < 4.78 is 0. The van der Waals surface area contributed by atoms with Gasteiger partial charge in [-0.2, -0.15) is 5.26 Å². The summed E-state index contributed by atoms with van der Waals surface area (Å²) in [7, 11) is 0. The van der Waals surface area contributed by atoms with E-state index in [0.717, 1.165) is 6.42 Å². The Kier molecular flexibility index (Phi) is 2.32. The second kappa shape index (κ2) is 3.24. The Balaban J connectivity index is 2.51. The van der Waals surface area contributed by atoms with E-state index in [1.54, 1.807) is 4.90 Å². The average Bonchev–Trinajstić information content (AvgIpc) is 2.32. The van der Waals surface area contributed by atoms with Crippen molar-refractivity contribution in [1.82, 2.24) is 4.90 Å². The molecule has 0 aromatic heterocycles. The normalized spacial score (nSPS) is 31.1. The van der Waals surface area contributed by atoms with Gasteiger partial charge < -0.3 is 10.6 Å². The van der Waals surface area contributed by atoms with Crippen molar-refractivity contribution in [3.05, 3.63) is 0 Å². The predicted octanol–water partition coefficient (Wildman–Crippen LogP) is -0.0827. The highest BCUT2D eigenvalue weighted by Gasteiger charge is 2.27. The van der Waals surface area contributed by atoms with Crippen LogP contribution >= 0.6 is 0 Å². The molecule has 0 aromatic rings. The van der Waals surface area contributed by atoms with E-state index in [1.165, 1.54) is 6.34 Å². The van der Waals surface area contributed by atoms with Crippen molar-refractivity contribution in [1.29, 1.82) is 5.26 Å². The molecule has 1 fully saturated rings. The molecular formula is C7H12N4. The van der Waals surface area contributed by atoms with Gasteiger partial charge in [-0.25, -0.2) is 0 Å². The third kappa shape index (κ3) is 1.61. The van der Waals surface area contributed by atoms with Crippen LogP contribution < -0.4 is 5.73 Å².